The molecule has 0 amide bonds. The van der Waals surface area contributed by atoms with Crippen molar-refractivity contribution in [2.24, 2.45) is 5.16 Å². The van der Waals surface area contributed by atoms with Crippen molar-refractivity contribution in [1.29, 1.82) is 0 Å². The second-order valence-corrected chi connectivity index (χ2v) is 7.15. The van der Waals surface area contributed by atoms with E-state index in [9.17, 15) is 5.21 Å². The molecule has 0 saturated carbocycles. The van der Waals surface area contributed by atoms with E-state index in [4.69, 9.17) is 4.74 Å². The van der Waals surface area contributed by atoms with Crippen LogP contribution in [0.1, 0.15) is 47.9 Å². The van der Waals surface area contributed by atoms with Crippen molar-refractivity contribution in [3.8, 4) is 11.6 Å². The highest BCUT2D eigenvalue weighted by atomic mass is 16.5. The van der Waals surface area contributed by atoms with E-state index in [1.807, 2.05) is 18.2 Å². The van der Waals surface area contributed by atoms with Crippen LogP contribution in [0, 0.1) is 6.92 Å². The molecule has 1 fully saturated rings. The van der Waals surface area contributed by atoms with Gasteiger partial charge in [-0.15, -0.1) is 0 Å². The molecule has 1 N–H and O–H groups in total. The predicted octanol–water partition coefficient (Wildman–Crippen LogP) is 4.29. The fraction of sp³-hybridized carbons (Fsp3) is 0.429. The largest absolute Gasteiger partial charge is 0.439 e. The first-order chi connectivity index (χ1) is 12.8. The summed E-state index contributed by atoms with van der Waals surface area (Å²) < 4.78 is 6.13. The van der Waals surface area contributed by atoms with Gasteiger partial charge in [0.25, 0.3) is 0 Å². The lowest BCUT2D eigenvalue weighted by atomic mass is 10.0. The van der Waals surface area contributed by atoms with E-state index in [1.54, 1.807) is 6.20 Å². The molecular formula is C21H25N3O2. The van der Waals surface area contributed by atoms with Crippen LogP contribution in [0.4, 0.5) is 0 Å². The number of rotatable bonds is 3. The summed E-state index contributed by atoms with van der Waals surface area (Å²) >= 11 is 0. The van der Waals surface area contributed by atoms with Gasteiger partial charge in [-0.05, 0) is 74.3 Å². The molecule has 2 heterocycles. The zero-order valence-electron chi connectivity index (χ0n) is 15.2. The summed E-state index contributed by atoms with van der Waals surface area (Å²) in [5.41, 5.74) is 4.91. The average Bonchev–Trinajstić information content (AvgIpc) is 3.17. The minimum Gasteiger partial charge on any atom is -0.439 e. The van der Waals surface area contributed by atoms with Crippen LogP contribution in [0.25, 0.3) is 0 Å². The molecule has 5 heteroatoms. The minimum atomic E-state index is 0.540. The summed E-state index contributed by atoms with van der Waals surface area (Å²) in [7, 11) is 0. The van der Waals surface area contributed by atoms with Gasteiger partial charge in [-0.3, -0.25) is 0 Å². The Labute approximate surface area is 154 Å². The second-order valence-electron chi connectivity index (χ2n) is 7.15. The minimum absolute atomic E-state index is 0.540. The van der Waals surface area contributed by atoms with Crippen LogP contribution in [0.15, 0.2) is 35.6 Å². The number of hydrogen-bond acceptors (Lipinski definition) is 4. The number of aryl methyl sites for hydroxylation is 1. The third-order valence-corrected chi connectivity index (χ3v) is 5.43. The van der Waals surface area contributed by atoms with Gasteiger partial charge in [0.15, 0.2) is 5.84 Å². The Hall–Kier alpha value is -2.56. The summed E-state index contributed by atoms with van der Waals surface area (Å²) in [6, 6.07) is 7.90. The number of likely N-dealkylation sites (tertiary alicyclic amines) is 1. The number of benzene rings is 1. The van der Waals surface area contributed by atoms with E-state index < -0.39 is 0 Å². The fourth-order valence-electron chi connectivity index (χ4n) is 4.07. The maximum absolute atomic E-state index is 9.55. The average molecular weight is 351 g/mol. The Bertz CT molecular complexity index is 826. The molecule has 26 heavy (non-hydrogen) atoms. The molecule has 0 spiro atoms. The Morgan fingerprint density at radius 2 is 1.88 bits per heavy atom. The highest BCUT2D eigenvalue weighted by Crippen LogP contribution is 2.35. The van der Waals surface area contributed by atoms with Crippen molar-refractivity contribution in [2.75, 3.05) is 13.1 Å². The fourth-order valence-corrected chi connectivity index (χ4v) is 4.07. The maximum Gasteiger partial charge on any atom is 0.219 e. The van der Waals surface area contributed by atoms with Crippen LogP contribution in [-0.4, -0.2) is 34.0 Å². The SMILES string of the molecule is Cc1ccc(Oc2cc(/C(=N/O)N3CCCCC3)ccn2)c2c1CCC2. The molecule has 1 aliphatic carbocycles. The lowest BCUT2D eigenvalue weighted by Gasteiger charge is -2.28. The van der Waals surface area contributed by atoms with E-state index in [1.165, 1.54) is 29.5 Å². The third-order valence-electron chi connectivity index (χ3n) is 5.43. The zero-order chi connectivity index (χ0) is 17.9. The molecule has 0 radical (unpaired) electrons. The van der Waals surface area contributed by atoms with E-state index in [-0.39, 0.29) is 0 Å². The van der Waals surface area contributed by atoms with E-state index >= 15 is 0 Å². The molecule has 1 aromatic carbocycles. The van der Waals surface area contributed by atoms with Crippen LogP contribution in [0.5, 0.6) is 11.6 Å². The number of amidine groups is 1. The lowest BCUT2D eigenvalue weighted by Crippen LogP contribution is -2.36. The summed E-state index contributed by atoms with van der Waals surface area (Å²) in [6.07, 6.45) is 8.57. The monoisotopic (exact) mass is 351 g/mol. The maximum atomic E-state index is 9.55. The second kappa shape index (κ2) is 7.36. The quantitative estimate of drug-likeness (QED) is 0.388. The molecule has 1 aliphatic heterocycles. The first-order valence-corrected chi connectivity index (χ1v) is 9.49. The number of oxime groups is 1. The first kappa shape index (κ1) is 16.9. The summed E-state index contributed by atoms with van der Waals surface area (Å²) in [6.45, 7) is 4.00. The number of hydrogen-bond donors (Lipinski definition) is 1. The van der Waals surface area contributed by atoms with Gasteiger partial charge >= 0.3 is 0 Å². The molecule has 2 aliphatic rings. The van der Waals surface area contributed by atoms with E-state index in [0.717, 1.165) is 50.1 Å². The van der Waals surface area contributed by atoms with Gasteiger partial charge in [0.1, 0.15) is 5.75 Å². The molecule has 0 atom stereocenters. The molecule has 136 valence electrons. The number of pyridine rings is 1. The van der Waals surface area contributed by atoms with Crippen LogP contribution in [0.3, 0.4) is 0 Å². The Morgan fingerprint density at radius 3 is 2.69 bits per heavy atom. The number of aromatic nitrogens is 1. The summed E-state index contributed by atoms with van der Waals surface area (Å²) in [4.78, 5) is 6.50. The van der Waals surface area contributed by atoms with Gasteiger partial charge in [0.2, 0.25) is 5.88 Å². The van der Waals surface area contributed by atoms with Gasteiger partial charge < -0.3 is 14.8 Å². The van der Waals surface area contributed by atoms with Crippen molar-refractivity contribution >= 4 is 5.84 Å². The van der Waals surface area contributed by atoms with Crippen LogP contribution >= 0.6 is 0 Å². The van der Waals surface area contributed by atoms with Crippen molar-refractivity contribution < 1.29 is 9.94 Å². The normalized spacial score (nSPS) is 17.3. The molecule has 1 saturated heterocycles. The van der Waals surface area contributed by atoms with Crippen LogP contribution < -0.4 is 4.74 Å². The lowest BCUT2D eigenvalue weighted by molar-refractivity contribution is 0.286. The molecule has 0 bridgehead atoms. The van der Waals surface area contributed by atoms with Gasteiger partial charge in [0, 0.05) is 30.9 Å². The number of ether oxygens (including phenoxy) is 1. The number of piperidine rings is 1. The first-order valence-electron chi connectivity index (χ1n) is 9.49. The Kier molecular flexibility index (Phi) is 4.78. The summed E-state index contributed by atoms with van der Waals surface area (Å²) in [5.74, 6) is 2.04. The van der Waals surface area contributed by atoms with Crippen molar-refractivity contribution in [3.05, 3.63) is 52.7 Å². The molecular weight excluding hydrogens is 326 g/mol. The third kappa shape index (κ3) is 3.26. The highest BCUT2D eigenvalue weighted by molar-refractivity contribution is 5.98. The molecule has 0 unspecified atom stereocenters. The highest BCUT2D eigenvalue weighted by Gasteiger charge is 2.20. The van der Waals surface area contributed by atoms with E-state index in [0.29, 0.717) is 11.7 Å². The molecule has 1 aromatic heterocycles. The van der Waals surface area contributed by atoms with Crippen molar-refractivity contribution in [3.63, 3.8) is 0 Å². The zero-order valence-corrected chi connectivity index (χ0v) is 15.2. The van der Waals surface area contributed by atoms with Crippen molar-refractivity contribution in [1.82, 2.24) is 9.88 Å². The number of fused-ring (bicyclic) bond motifs is 1. The molecule has 2 aromatic rings. The predicted molar refractivity (Wildman–Crippen MR) is 101 cm³/mol. The van der Waals surface area contributed by atoms with Crippen LogP contribution in [0.2, 0.25) is 0 Å². The van der Waals surface area contributed by atoms with Crippen LogP contribution in [-0.2, 0) is 12.8 Å². The van der Waals surface area contributed by atoms with Gasteiger partial charge in [0.05, 0.1) is 0 Å². The van der Waals surface area contributed by atoms with E-state index in [2.05, 4.69) is 28.0 Å². The summed E-state index contributed by atoms with van der Waals surface area (Å²) in [5, 5.41) is 13.1. The van der Waals surface area contributed by atoms with Gasteiger partial charge in [-0.1, -0.05) is 11.2 Å². The molecule has 4 rings (SSSR count). The molecule has 5 nitrogen and oxygen atoms in total. The standard InChI is InChI=1S/C21H25N3O2/c1-15-8-9-19(18-7-5-6-17(15)18)26-20-14-16(10-11-22-20)21(23-25)24-12-3-2-4-13-24/h8-11,14,25H,2-7,12-13H2,1H3/b23-21-. The number of nitrogens with zero attached hydrogens (tertiary/aromatic N) is 3. The topological polar surface area (TPSA) is 58.0 Å². The smallest absolute Gasteiger partial charge is 0.219 e. The van der Waals surface area contributed by atoms with Gasteiger partial charge in [-0.2, -0.15) is 0 Å². The van der Waals surface area contributed by atoms with Crippen molar-refractivity contribution in [2.45, 2.75) is 45.4 Å². The van der Waals surface area contributed by atoms with Gasteiger partial charge in [-0.25, -0.2) is 4.98 Å². The Balaban J connectivity index is 1.59. The Morgan fingerprint density at radius 1 is 1.08 bits per heavy atom.